The third kappa shape index (κ3) is 1.72. The first-order chi connectivity index (χ1) is 10.1. The molecule has 1 atom stereocenters. The van der Waals surface area contributed by atoms with Crippen molar-refractivity contribution < 1.29 is 8.78 Å². The zero-order valence-corrected chi connectivity index (χ0v) is 12.2. The molecule has 6 rings (SSSR count). The lowest BCUT2D eigenvalue weighted by molar-refractivity contribution is -0.0620. The summed E-state index contributed by atoms with van der Waals surface area (Å²) in [6.45, 7) is 0. The van der Waals surface area contributed by atoms with Gasteiger partial charge in [0.15, 0.2) is 0 Å². The Morgan fingerprint density at radius 3 is 2.19 bits per heavy atom. The Balaban J connectivity index is 1.49. The highest BCUT2D eigenvalue weighted by Crippen LogP contribution is 2.62. The largest absolute Gasteiger partial charge is 0.379 e. The van der Waals surface area contributed by atoms with Crippen molar-refractivity contribution in [1.29, 1.82) is 0 Å². The summed E-state index contributed by atoms with van der Waals surface area (Å²) in [7, 11) is 0. The fraction of sp³-hybridized carbons (Fsp3) is 0.667. The maximum Gasteiger partial charge on any atom is 0.149 e. The molecule has 112 valence electrons. The summed E-state index contributed by atoms with van der Waals surface area (Å²) in [5.74, 6) is 1.81. The van der Waals surface area contributed by atoms with Gasteiger partial charge in [0.05, 0.1) is 5.69 Å². The Morgan fingerprint density at radius 1 is 0.952 bits per heavy atom. The second kappa shape index (κ2) is 3.99. The van der Waals surface area contributed by atoms with E-state index in [0.717, 1.165) is 35.8 Å². The number of fused-ring (bicyclic) bond motifs is 1. The van der Waals surface area contributed by atoms with Gasteiger partial charge in [-0.1, -0.05) is 0 Å². The molecular formula is C18H21F2N. The fourth-order valence-corrected chi connectivity index (χ4v) is 6.37. The Kier molecular flexibility index (Phi) is 2.36. The first kappa shape index (κ1) is 12.4. The first-order valence-electron chi connectivity index (χ1n) is 8.36. The van der Waals surface area contributed by atoms with Crippen molar-refractivity contribution >= 4 is 5.69 Å². The van der Waals surface area contributed by atoms with E-state index in [2.05, 4.69) is 5.32 Å². The lowest BCUT2D eigenvalue weighted by Gasteiger charge is -2.59. The number of anilines is 1. The molecule has 0 amide bonds. The van der Waals surface area contributed by atoms with Crippen LogP contribution in [0.2, 0.25) is 0 Å². The van der Waals surface area contributed by atoms with Gasteiger partial charge in [-0.15, -0.1) is 0 Å². The summed E-state index contributed by atoms with van der Waals surface area (Å²) in [5, 5.41) is 3.45. The first-order valence-corrected chi connectivity index (χ1v) is 8.36. The van der Waals surface area contributed by atoms with Crippen LogP contribution in [0.15, 0.2) is 12.1 Å². The second-order valence-electron chi connectivity index (χ2n) is 8.10. The van der Waals surface area contributed by atoms with Crippen molar-refractivity contribution in [2.45, 2.75) is 51.0 Å². The van der Waals surface area contributed by atoms with E-state index < -0.39 is 11.6 Å². The summed E-state index contributed by atoms with van der Waals surface area (Å²) < 4.78 is 27.4. The predicted molar refractivity (Wildman–Crippen MR) is 78.1 cm³/mol. The van der Waals surface area contributed by atoms with E-state index in [9.17, 15) is 8.78 Å². The molecule has 1 aliphatic heterocycles. The van der Waals surface area contributed by atoms with Crippen LogP contribution in [0.1, 0.15) is 44.1 Å². The van der Waals surface area contributed by atoms with E-state index in [1.54, 1.807) is 0 Å². The van der Waals surface area contributed by atoms with Crippen molar-refractivity contribution in [3.8, 4) is 0 Å². The smallest absolute Gasteiger partial charge is 0.149 e. The number of rotatable bonds is 1. The van der Waals surface area contributed by atoms with Crippen LogP contribution in [0.3, 0.4) is 0 Å². The van der Waals surface area contributed by atoms with Crippen LogP contribution in [-0.2, 0) is 6.42 Å². The predicted octanol–water partition coefficient (Wildman–Crippen LogP) is 4.52. The monoisotopic (exact) mass is 289 g/mol. The average molecular weight is 289 g/mol. The lowest BCUT2D eigenvalue weighted by atomic mass is 9.47. The molecule has 0 spiro atoms. The molecular weight excluding hydrogens is 268 g/mol. The highest BCUT2D eigenvalue weighted by molar-refractivity contribution is 5.58. The summed E-state index contributed by atoms with van der Waals surface area (Å²) in [6, 6.07) is 2.84. The van der Waals surface area contributed by atoms with Gasteiger partial charge in [0.25, 0.3) is 0 Å². The molecule has 1 N–H and O–H groups in total. The van der Waals surface area contributed by atoms with Gasteiger partial charge in [0.1, 0.15) is 11.6 Å². The molecule has 0 aromatic heterocycles. The van der Waals surface area contributed by atoms with Crippen molar-refractivity contribution in [2.24, 2.45) is 23.2 Å². The molecule has 1 unspecified atom stereocenters. The molecule has 21 heavy (non-hydrogen) atoms. The molecule has 1 aromatic rings. The van der Waals surface area contributed by atoms with Crippen molar-refractivity contribution in [3.05, 3.63) is 29.3 Å². The topological polar surface area (TPSA) is 12.0 Å². The van der Waals surface area contributed by atoms with E-state index in [1.165, 1.54) is 44.6 Å². The van der Waals surface area contributed by atoms with Gasteiger partial charge < -0.3 is 5.32 Å². The van der Waals surface area contributed by atoms with Gasteiger partial charge in [-0.25, -0.2) is 8.78 Å². The number of halogens is 2. The number of hydrogen-bond donors (Lipinski definition) is 1. The van der Waals surface area contributed by atoms with E-state index in [0.29, 0.717) is 17.1 Å². The lowest BCUT2D eigenvalue weighted by Crippen LogP contribution is -2.53. The van der Waals surface area contributed by atoms with E-state index >= 15 is 0 Å². The zero-order chi connectivity index (χ0) is 14.2. The summed E-state index contributed by atoms with van der Waals surface area (Å²) in [6.07, 6.45) is 8.96. The number of benzene rings is 1. The van der Waals surface area contributed by atoms with Crippen LogP contribution < -0.4 is 5.32 Å². The Labute approximate surface area is 124 Å². The number of nitrogens with one attached hydrogen (secondary N) is 1. The third-order valence-corrected chi connectivity index (χ3v) is 6.70. The molecule has 1 aromatic carbocycles. The molecule has 3 heteroatoms. The van der Waals surface area contributed by atoms with Crippen LogP contribution in [-0.4, -0.2) is 6.04 Å². The van der Waals surface area contributed by atoms with E-state index in [-0.39, 0.29) is 0 Å². The minimum Gasteiger partial charge on any atom is -0.379 e. The van der Waals surface area contributed by atoms with Crippen molar-refractivity contribution in [3.63, 3.8) is 0 Å². The van der Waals surface area contributed by atoms with E-state index in [4.69, 9.17) is 0 Å². The molecule has 5 aliphatic rings. The van der Waals surface area contributed by atoms with Crippen LogP contribution in [0.25, 0.3) is 0 Å². The Morgan fingerprint density at radius 2 is 1.57 bits per heavy atom. The van der Waals surface area contributed by atoms with Gasteiger partial charge in [-0.3, -0.25) is 0 Å². The normalized spacial score (nSPS) is 43.0. The fourth-order valence-electron chi connectivity index (χ4n) is 6.37. The van der Waals surface area contributed by atoms with Crippen LogP contribution in [0.4, 0.5) is 14.5 Å². The standard InChI is InChI=1S/C18H21F2N/c19-14-4-13-5-16(21-17(13)15(20)6-14)18-7-10-1-11(8-18)3-12(2-10)9-18/h4,6,10-12,16,21H,1-3,5,7-9H2. The highest BCUT2D eigenvalue weighted by atomic mass is 19.1. The summed E-state index contributed by atoms with van der Waals surface area (Å²) in [5.41, 5.74) is 1.75. The second-order valence-corrected chi connectivity index (χ2v) is 8.10. The Hall–Kier alpha value is -1.12. The molecule has 4 fully saturated rings. The quantitative estimate of drug-likeness (QED) is 0.801. The molecule has 0 radical (unpaired) electrons. The van der Waals surface area contributed by atoms with Crippen molar-refractivity contribution in [2.75, 3.05) is 5.32 Å². The minimum atomic E-state index is -0.445. The zero-order valence-electron chi connectivity index (χ0n) is 12.2. The number of hydrogen-bond acceptors (Lipinski definition) is 1. The van der Waals surface area contributed by atoms with Crippen LogP contribution >= 0.6 is 0 Å². The summed E-state index contributed by atoms with van der Waals surface area (Å²) in [4.78, 5) is 0. The van der Waals surface area contributed by atoms with Crippen molar-refractivity contribution in [1.82, 2.24) is 0 Å². The molecule has 4 aliphatic carbocycles. The van der Waals surface area contributed by atoms with Gasteiger partial charge in [0, 0.05) is 12.1 Å². The minimum absolute atomic E-state index is 0.317. The maximum absolute atomic E-state index is 14.0. The molecule has 1 nitrogen and oxygen atoms in total. The molecule has 4 bridgehead atoms. The van der Waals surface area contributed by atoms with E-state index in [1.807, 2.05) is 0 Å². The van der Waals surface area contributed by atoms with Crippen LogP contribution in [0.5, 0.6) is 0 Å². The molecule has 0 saturated heterocycles. The summed E-state index contributed by atoms with van der Waals surface area (Å²) >= 11 is 0. The van der Waals surface area contributed by atoms with Crippen LogP contribution in [0, 0.1) is 34.8 Å². The van der Waals surface area contributed by atoms with Gasteiger partial charge in [-0.05, 0) is 79.7 Å². The maximum atomic E-state index is 14.0. The molecule has 4 saturated carbocycles. The van der Waals surface area contributed by atoms with Gasteiger partial charge >= 0.3 is 0 Å². The van der Waals surface area contributed by atoms with Gasteiger partial charge in [-0.2, -0.15) is 0 Å². The SMILES string of the molecule is Fc1cc(F)c2c(c1)CC(C13CC4CC(CC(C4)C1)C3)N2. The Bertz CT molecular complexity index is 574. The highest BCUT2D eigenvalue weighted by Gasteiger charge is 2.55. The molecule has 1 heterocycles. The average Bonchev–Trinajstić information content (AvgIpc) is 2.82. The third-order valence-electron chi connectivity index (χ3n) is 6.70. The van der Waals surface area contributed by atoms with Gasteiger partial charge in [0.2, 0.25) is 0 Å².